The van der Waals surface area contributed by atoms with Gasteiger partial charge in [-0.15, -0.1) is 12.6 Å². The van der Waals surface area contributed by atoms with E-state index in [0.29, 0.717) is 0 Å². The van der Waals surface area contributed by atoms with Crippen LogP contribution in [0.2, 0.25) is 0 Å². The average molecular weight is 217 g/mol. The Balaban J connectivity index is 3.31. The van der Waals surface area contributed by atoms with Gasteiger partial charge in [0.15, 0.2) is 0 Å². The molecule has 0 aliphatic rings. The summed E-state index contributed by atoms with van der Waals surface area (Å²) in [6, 6.07) is 4.15. The fourth-order valence-corrected chi connectivity index (χ4v) is 1.85. The van der Waals surface area contributed by atoms with E-state index in [4.69, 9.17) is 0 Å². The van der Waals surface area contributed by atoms with Crippen molar-refractivity contribution in [3.8, 4) is 0 Å². The summed E-state index contributed by atoms with van der Waals surface area (Å²) in [6.45, 7) is 4.11. The van der Waals surface area contributed by atoms with E-state index in [1.165, 1.54) is 11.1 Å². The Morgan fingerprint density at radius 3 is 2.40 bits per heavy atom. The van der Waals surface area contributed by atoms with Crippen LogP contribution in [0.5, 0.6) is 0 Å². The number of benzene rings is 1. The lowest BCUT2D eigenvalue weighted by Crippen LogP contribution is -1.80. The van der Waals surface area contributed by atoms with E-state index in [-0.39, 0.29) is 0 Å². The van der Waals surface area contributed by atoms with Gasteiger partial charge < -0.3 is 0 Å². The van der Waals surface area contributed by atoms with E-state index in [1.54, 1.807) is 0 Å². The lowest BCUT2D eigenvalue weighted by Gasteiger charge is -2.02. The Morgan fingerprint density at radius 2 is 1.90 bits per heavy atom. The predicted molar refractivity (Wildman–Crippen MR) is 50.9 cm³/mol. The Hall–Kier alpha value is 0.0500. The number of halogens is 1. The zero-order chi connectivity index (χ0) is 7.72. The van der Waals surface area contributed by atoms with Crippen LogP contribution in [0.3, 0.4) is 0 Å². The van der Waals surface area contributed by atoms with Crippen LogP contribution in [0, 0.1) is 13.8 Å². The number of thiol groups is 1. The highest BCUT2D eigenvalue weighted by Gasteiger charge is 1.98. The van der Waals surface area contributed by atoms with Gasteiger partial charge >= 0.3 is 0 Å². The second-order valence-corrected chi connectivity index (χ2v) is 3.73. The van der Waals surface area contributed by atoms with Gasteiger partial charge in [0.2, 0.25) is 0 Å². The van der Waals surface area contributed by atoms with E-state index < -0.39 is 0 Å². The molecule has 0 aliphatic carbocycles. The standard InChI is InChI=1S/C8H9BrS/c1-5-3-7(9)6(2)8(10)4-5/h3-4,10H,1-2H3. The number of rotatable bonds is 0. The minimum Gasteiger partial charge on any atom is -0.143 e. The molecular formula is C8H9BrS. The second kappa shape index (κ2) is 2.97. The molecule has 54 valence electrons. The molecule has 0 N–H and O–H groups in total. The van der Waals surface area contributed by atoms with Gasteiger partial charge in [0.1, 0.15) is 0 Å². The molecular weight excluding hydrogens is 208 g/mol. The third kappa shape index (κ3) is 1.55. The first-order chi connectivity index (χ1) is 4.61. The largest absolute Gasteiger partial charge is 0.143 e. The van der Waals surface area contributed by atoms with Crippen LogP contribution in [-0.4, -0.2) is 0 Å². The first kappa shape index (κ1) is 8.15. The Labute approximate surface area is 75.2 Å². The highest BCUT2D eigenvalue weighted by Crippen LogP contribution is 2.23. The maximum absolute atomic E-state index is 4.31. The molecule has 2 heteroatoms. The van der Waals surface area contributed by atoms with Gasteiger partial charge in [-0.1, -0.05) is 15.9 Å². The fraction of sp³-hybridized carbons (Fsp3) is 0.250. The van der Waals surface area contributed by atoms with Crippen molar-refractivity contribution in [2.45, 2.75) is 18.7 Å². The molecule has 0 aliphatic heterocycles. The quantitative estimate of drug-likeness (QED) is 0.633. The molecule has 0 nitrogen and oxygen atoms in total. The van der Waals surface area contributed by atoms with Crippen molar-refractivity contribution in [2.24, 2.45) is 0 Å². The zero-order valence-corrected chi connectivity index (χ0v) is 8.46. The summed E-state index contributed by atoms with van der Waals surface area (Å²) in [5.74, 6) is 0. The lowest BCUT2D eigenvalue weighted by atomic mass is 10.2. The lowest BCUT2D eigenvalue weighted by molar-refractivity contribution is 1.24. The minimum absolute atomic E-state index is 1.05. The predicted octanol–water partition coefficient (Wildman–Crippen LogP) is 3.35. The Bertz CT molecular complexity index is 232. The molecule has 0 amide bonds. The first-order valence-electron chi connectivity index (χ1n) is 3.07. The van der Waals surface area contributed by atoms with Gasteiger partial charge in [-0.25, -0.2) is 0 Å². The van der Waals surface area contributed by atoms with Crippen molar-refractivity contribution < 1.29 is 0 Å². The van der Waals surface area contributed by atoms with Crippen molar-refractivity contribution in [3.63, 3.8) is 0 Å². The summed E-state index contributed by atoms with van der Waals surface area (Å²) in [5, 5.41) is 0. The molecule has 0 saturated carbocycles. The summed E-state index contributed by atoms with van der Waals surface area (Å²) in [7, 11) is 0. The number of hydrogen-bond acceptors (Lipinski definition) is 1. The minimum atomic E-state index is 1.05. The van der Waals surface area contributed by atoms with Gasteiger partial charge in [-0.05, 0) is 37.1 Å². The molecule has 0 bridgehead atoms. The van der Waals surface area contributed by atoms with Crippen molar-refractivity contribution in [2.75, 3.05) is 0 Å². The van der Waals surface area contributed by atoms with E-state index in [2.05, 4.69) is 47.6 Å². The van der Waals surface area contributed by atoms with Crippen LogP contribution in [0.4, 0.5) is 0 Å². The van der Waals surface area contributed by atoms with E-state index in [1.807, 2.05) is 6.92 Å². The molecule has 10 heavy (non-hydrogen) atoms. The average Bonchev–Trinajstić information content (AvgIpc) is 1.82. The van der Waals surface area contributed by atoms with Gasteiger partial charge in [-0.3, -0.25) is 0 Å². The molecule has 0 aromatic heterocycles. The summed E-state index contributed by atoms with van der Waals surface area (Å²) < 4.78 is 1.14. The van der Waals surface area contributed by atoms with Crippen molar-refractivity contribution in [1.29, 1.82) is 0 Å². The molecule has 1 aromatic rings. The third-order valence-corrected chi connectivity index (χ3v) is 2.75. The maximum Gasteiger partial charge on any atom is 0.0218 e. The highest BCUT2D eigenvalue weighted by atomic mass is 79.9. The zero-order valence-electron chi connectivity index (χ0n) is 5.98. The molecule has 0 heterocycles. The topological polar surface area (TPSA) is 0 Å². The van der Waals surface area contributed by atoms with Gasteiger partial charge in [0.25, 0.3) is 0 Å². The van der Waals surface area contributed by atoms with Crippen LogP contribution in [0.15, 0.2) is 21.5 Å². The molecule has 0 radical (unpaired) electrons. The normalized spacial score (nSPS) is 10.0. The summed E-state index contributed by atoms with van der Waals surface area (Å²) >= 11 is 7.76. The van der Waals surface area contributed by atoms with Gasteiger partial charge in [0.05, 0.1) is 0 Å². The van der Waals surface area contributed by atoms with Crippen LogP contribution in [0.25, 0.3) is 0 Å². The van der Waals surface area contributed by atoms with E-state index in [0.717, 1.165) is 9.37 Å². The number of aryl methyl sites for hydroxylation is 1. The Morgan fingerprint density at radius 1 is 1.30 bits per heavy atom. The van der Waals surface area contributed by atoms with Crippen LogP contribution >= 0.6 is 28.6 Å². The van der Waals surface area contributed by atoms with E-state index in [9.17, 15) is 0 Å². The molecule has 0 fully saturated rings. The first-order valence-corrected chi connectivity index (χ1v) is 4.31. The highest BCUT2D eigenvalue weighted by molar-refractivity contribution is 9.10. The van der Waals surface area contributed by atoms with E-state index >= 15 is 0 Å². The fourth-order valence-electron chi connectivity index (χ4n) is 0.796. The maximum atomic E-state index is 4.31. The second-order valence-electron chi connectivity index (χ2n) is 2.39. The molecule has 1 rings (SSSR count). The van der Waals surface area contributed by atoms with Gasteiger partial charge in [0, 0.05) is 9.37 Å². The summed E-state index contributed by atoms with van der Waals surface area (Å²) in [4.78, 5) is 1.05. The monoisotopic (exact) mass is 216 g/mol. The van der Waals surface area contributed by atoms with Crippen molar-refractivity contribution in [3.05, 3.63) is 27.7 Å². The van der Waals surface area contributed by atoms with Crippen LogP contribution < -0.4 is 0 Å². The summed E-state index contributed by atoms with van der Waals surface area (Å²) in [5.41, 5.74) is 2.44. The Kier molecular flexibility index (Phi) is 2.42. The smallest absolute Gasteiger partial charge is 0.0218 e. The van der Waals surface area contributed by atoms with Crippen molar-refractivity contribution in [1.82, 2.24) is 0 Å². The number of hydrogen-bond donors (Lipinski definition) is 1. The van der Waals surface area contributed by atoms with Crippen LogP contribution in [0.1, 0.15) is 11.1 Å². The molecule has 0 saturated heterocycles. The SMILES string of the molecule is Cc1cc(S)c(C)c(Br)c1. The molecule has 0 atom stereocenters. The summed E-state index contributed by atoms with van der Waals surface area (Å²) in [6.07, 6.45) is 0. The van der Waals surface area contributed by atoms with Crippen LogP contribution in [-0.2, 0) is 0 Å². The van der Waals surface area contributed by atoms with Gasteiger partial charge in [-0.2, -0.15) is 0 Å². The third-order valence-electron chi connectivity index (χ3n) is 1.46. The molecule has 0 spiro atoms. The van der Waals surface area contributed by atoms with Crippen molar-refractivity contribution >= 4 is 28.6 Å². The molecule has 1 aromatic carbocycles. The molecule has 0 unspecified atom stereocenters.